The first-order chi connectivity index (χ1) is 11.7. The first-order valence-electron chi connectivity index (χ1n) is 7.11. The van der Waals surface area contributed by atoms with Gasteiger partial charge in [-0.15, -0.1) is 5.10 Å². The molecule has 120 valence electrons. The standard InChI is InChI=1S/C15H11F2N7/c16-10-6-7-11-14(13(10)17)20-12(19-11)8-24-22-15(21-23-24)18-9-4-2-1-3-5-9/h1-7H,8H2,(H,18,22)(H,19,20). The number of rotatable bonds is 4. The molecule has 4 aromatic rings. The molecule has 0 atom stereocenters. The molecule has 9 heteroatoms. The second-order valence-electron chi connectivity index (χ2n) is 5.08. The predicted octanol–water partition coefficient (Wildman–Crippen LogP) is 2.62. The van der Waals surface area contributed by atoms with Crippen LogP contribution in [-0.4, -0.2) is 30.2 Å². The van der Waals surface area contributed by atoms with E-state index in [-0.39, 0.29) is 12.1 Å². The average Bonchev–Trinajstić information content (AvgIpc) is 3.19. The van der Waals surface area contributed by atoms with E-state index in [0.717, 1.165) is 11.8 Å². The zero-order valence-electron chi connectivity index (χ0n) is 12.2. The molecule has 0 spiro atoms. The maximum atomic E-state index is 13.7. The van der Waals surface area contributed by atoms with E-state index in [0.29, 0.717) is 17.3 Å². The van der Waals surface area contributed by atoms with Crippen LogP contribution in [0.1, 0.15) is 5.82 Å². The van der Waals surface area contributed by atoms with Gasteiger partial charge in [-0.3, -0.25) is 0 Å². The number of H-pyrrole nitrogens is 1. The molecule has 0 aliphatic rings. The van der Waals surface area contributed by atoms with Gasteiger partial charge in [0.2, 0.25) is 0 Å². The number of fused-ring (bicyclic) bond motifs is 1. The Bertz CT molecular complexity index is 994. The minimum absolute atomic E-state index is 0.0484. The van der Waals surface area contributed by atoms with Crippen molar-refractivity contribution in [2.24, 2.45) is 0 Å². The van der Waals surface area contributed by atoms with Crippen LogP contribution in [0.15, 0.2) is 42.5 Å². The van der Waals surface area contributed by atoms with E-state index in [1.165, 1.54) is 10.9 Å². The minimum atomic E-state index is -0.979. The van der Waals surface area contributed by atoms with Crippen LogP contribution in [0.5, 0.6) is 0 Å². The van der Waals surface area contributed by atoms with Crippen molar-refractivity contribution >= 4 is 22.7 Å². The van der Waals surface area contributed by atoms with Crippen molar-refractivity contribution < 1.29 is 8.78 Å². The Morgan fingerprint density at radius 3 is 2.75 bits per heavy atom. The van der Waals surface area contributed by atoms with Crippen molar-refractivity contribution in [3.63, 3.8) is 0 Å². The van der Waals surface area contributed by atoms with Gasteiger partial charge >= 0.3 is 0 Å². The molecule has 2 aromatic heterocycles. The number of aromatic nitrogens is 6. The molecule has 4 rings (SSSR count). The quantitative estimate of drug-likeness (QED) is 0.602. The highest BCUT2D eigenvalue weighted by Crippen LogP contribution is 2.18. The summed E-state index contributed by atoms with van der Waals surface area (Å²) in [5, 5.41) is 15.0. The maximum absolute atomic E-state index is 13.7. The van der Waals surface area contributed by atoms with E-state index in [9.17, 15) is 8.78 Å². The van der Waals surface area contributed by atoms with Gasteiger partial charge in [-0.25, -0.2) is 13.8 Å². The number of hydrogen-bond acceptors (Lipinski definition) is 5. The third kappa shape index (κ3) is 2.67. The van der Waals surface area contributed by atoms with Gasteiger partial charge in [0.15, 0.2) is 11.6 Å². The molecular formula is C15H11F2N7. The van der Waals surface area contributed by atoms with Crippen molar-refractivity contribution in [1.82, 2.24) is 30.2 Å². The van der Waals surface area contributed by atoms with Crippen molar-refractivity contribution in [3.05, 3.63) is 59.9 Å². The molecule has 0 saturated carbocycles. The Hall–Kier alpha value is -3.36. The van der Waals surface area contributed by atoms with E-state index in [4.69, 9.17) is 0 Å². The molecule has 0 aliphatic carbocycles. The van der Waals surface area contributed by atoms with Gasteiger partial charge < -0.3 is 10.3 Å². The van der Waals surface area contributed by atoms with Crippen molar-refractivity contribution in [1.29, 1.82) is 0 Å². The third-order valence-corrected chi connectivity index (χ3v) is 3.37. The number of imidazole rings is 1. The molecule has 2 N–H and O–H groups in total. The van der Waals surface area contributed by atoms with Crippen molar-refractivity contribution in [2.75, 3.05) is 5.32 Å². The van der Waals surface area contributed by atoms with Gasteiger partial charge in [-0.1, -0.05) is 23.3 Å². The largest absolute Gasteiger partial charge is 0.340 e. The zero-order chi connectivity index (χ0) is 16.5. The average molecular weight is 327 g/mol. The molecule has 7 nitrogen and oxygen atoms in total. The van der Waals surface area contributed by atoms with Crippen LogP contribution in [0.25, 0.3) is 11.0 Å². The number of anilines is 2. The highest BCUT2D eigenvalue weighted by Gasteiger charge is 2.13. The number of hydrogen-bond donors (Lipinski definition) is 2. The topological polar surface area (TPSA) is 84.3 Å². The van der Waals surface area contributed by atoms with E-state index in [1.54, 1.807) is 0 Å². The summed E-state index contributed by atoms with van der Waals surface area (Å²) < 4.78 is 26.9. The number of nitrogens with zero attached hydrogens (tertiary/aromatic N) is 5. The first-order valence-corrected chi connectivity index (χ1v) is 7.11. The van der Waals surface area contributed by atoms with E-state index in [1.807, 2.05) is 30.3 Å². The third-order valence-electron chi connectivity index (χ3n) is 3.37. The van der Waals surface area contributed by atoms with Crippen molar-refractivity contribution in [3.8, 4) is 0 Å². The van der Waals surface area contributed by atoms with Crippen LogP contribution >= 0.6 is 0 Å². The lowest BCUT2D eigenvalue weighted by Crippen LogP contribution is -2.05. The Labute approximate surface area is 134 Å². The molecule has 0 amide bonds. The number of tetrazole rings is 1. The fourth-order valence-electron chi connectivity index (χ4n) is 2.29. The van der Waals surface area contributed by atoms with Gasteiger partial charge in [0, 0.05) is 5.69 Å². The zero-order valence-corrected chi connectivity index (χ0v) is 12.2. The monoisotopic (exact) mass is 327 g/mol. The summed E-state index contributed by atoms with van der Waals surface area (Å²) in [5.41, 5.74) is 1.19. The Kier molecular flexibility index (Phi) is 3.38. The predicted molar refractivity (Wildman–Crippen MR) is 82.7 cm³/mol. The molecule has 0 bridgehead atoms. The molecule has 0 unspecified atom stereocenters. The lowest BCUT2D eigenvalue weighted by molar-refractivity contribution is 0.515. The summed E-state index contributed by atoms with van der Waals surface area (Å²) in [6.45, 7) is 0.152. The summed E-state index contributed by atoms with van der Waals surface area (Å²) in [6, 6.07) is 11.9. The molecule has 0 saturated heterocycles. The van der Waals surface area contributed by atoms with Gasteiger partial charge in [-0.2, -0.15) is 4.80 Å². The van der Waals surface area contributed by atoms with Crippen LogP contribution in [-0.2, 0) is 6.54 Å². The van der Waals surface area contributed by atoms with Crippen molar-refractivity contribution in [2.45, 2.75) is 6.54 Å². The lowest BCUT2D eigenvalue weighted by Gasteiger charge is -1.99. The van der Waals surface area contributed by atoms with Gasteiger partial charge in [0.25, 0.3) is 5.95 Å². The summed E-state index contributed by atoms with van der Waals surface area (Å²) in [7, 11) is 0. The maximum Gasteiger partial charge on any atom is 0.267 e. The molecule has 2 heterocycles. The molecular weight excluding hydrogens is 316 g/mol. The number of para-hydroxylation sites is 1. The number of aromatic amines is 1. The number of nitrogens with one attached hydrogen (secondary N) is 2. The van der Waals surface area contributed by atoms with E-state index in [2.05, 4.69) is 30.7 Å². The molecule has 24 heavy (non-hydrogen) atoms. The first kappa shape index (κ1) is 14.2. The summed E-state index contributed by atoms with van der Waals surface area (Å²) >= 11 is 0. The highest BCUT2D eigenvalue weighted by atomic mass is 19.2. The molecule has 0 radical (unpaired) electrons. The second-order valence-corrected chi connectivity index (χ2v) is 5.08. The van der Waals surface area contributed by atoms with Crippen LogP contribution in [0.2, 0.25) is 0 Å². The second kappa shape index (κ2) is 5.69. The van der Waals surface area contributed by atoms with E-state index >= 15 is 0 Å². The van der Waals surface area contributed by atoms with Crippen LogP contribution < -0.4 is 5.32 Å². The van der Waals surface area contributed by atoms with Crippen LogP contribution in [0.3, 0.4) is 0 Å². The summed E-state index contributed by atoms with van der Waals surface area (Å²) in [6.07, 6.45) is 0. The Morgan fingerprint density at radius 2 is 1.92 bits per heavy atom. The minimum Gasteiger partial charge on any atom is -0.340 e. The Balaban J connectivity index is 1.55. The number of benzene rings is 2. The fourth-order valence-corrected chi connectivity index (χ4v) is 2.29. The summed E-state index contributed by atoms with van der Waals surface area (Å²) in [5.74, 6) is -1.19. The molecule has 0 fully saturated rings. The van der Waals surface area contributed by atoms with Gasteiger partial charge in [0.1, 0.15) is 17.9 Å². The van der Waals surface area contributed by atoms with Crippen LogP contribution in [0.4, 0.5) is 20.4 Å². The van der Waals surface area contributed by atoms with E-state index < -0.39 is 11.6 Å². The summed E-state index contributed by atoms with van der Waals surface area (Å²) in [4.78, 5) is 8.25. The molecule has 0 aliphatic heterocycles. The van der Waals surface area contributed by atoms with Gasteiger partial charge in [-0.05, 0) is 29.5 Å². The smallest absolute Gasteiger partial charge is 0.267 e. The highest BCUT2D eigenvalue weighted by molar-refractivity contribution is 5.75. The SMILES string of the molecule is Fc1ccc2[nH]c(Cn3nnc(Nc4ccccc4)n3)nc2c1F. The molecule has 2 aromatic carbocycles. The fraction of sp³-hybridized carbons (Fsp3) is 0.0667. The lowest BCUT2D eigenvalue weighted by atomic mass is 10.3. The van der Waals surface area contributed by atoms with Gasteiger partial charge in [0.05, 0.1) is 5.52 Å². The number of halogens is 2. The Morgan fingerprint density at radius 1 is 1.08 bits per heavy atom. The normalized spacial score (nSPS) is 11.1. The van der Waals surface area contributed by atoms with Crippen LogP contribution in [0, 0.1) is 11.6 Å².